The molecule has 0 bridgehead atoms. The van der Waals surface area contributed by atoms with E-state index in [0.29, 0.717) is 25.9 Å². The van der Waals surface area contributed by atoms with Gasteiger partial charge in [0, 0.05) is 24.3 Å². The third kappa shape index (κ3) is 19.8. The topological polar surface area (TPSA) is 243 Å². The maximum absolute atomic E-state index is 13.1. The van der Waals surface area contributed by atoms with Gasteiger partial charge in [0.2, 0.25) is 23.6 Å². The summed E-state index contributed by atoms with van der Waals surface area (Å²) in [6, 6.07) is -4.41. The van der Waals surface area contributed by atoms with Crippen molar-refractivity contribution in [3.63, 3.8) is 0 Å². The van der Waals surface area contributed by atoms with Crippen LogP contribution in [0.5, 0.6) is 0 Å². The minimum absolute atomic E-state index is 0.0486. The molecule has 16 heteroatoms. The van der Waals surface area contributed by atoms with Gasteiger partial charge in [-0.05, 0) is 50.6 Å². The minimum atomic E-state index is -1.19. The molecule has 0 aliphatic rings. The van der Waals surface area contributed by atoms with Crippen molar-refractivity contribution in [2.45, 2.75) is 116 Å². The number of carbonyl (C=O) groups is 6. The van der Waals surface area contributed by atoms with Gasteiger partial charge in [0.25, 0.3) is 0 Å². The summed E-state index contributed by atoms with van der Waals surface area (Å²) in [5.74, 6) is -5.08. The largest absolute Gasteiger partial charge is 0.480 e. The Bertz CT molecular complexity index is 882. The Morgan fingerprint density at radius 1 is 0.543 bits per heavy atom. The molecule has 4 amide bonds. The first-order valence-corrected chi connectivity index (χ1v) is 18.5. The molecule has 0 aromatic carbocycles. The van der Waals surface area contributed by atoms with E-state index in [-0.39, 0.29) is 36.2 Å². The third-order valence-electron chi connectivity index (χ3n) is 7.03. The number of hydrogen-bond donors (Lipinski definition) is 8. The molecule has 0 saturated heterocycles. The van der Waals surface area contributed by atoms with Gasteiger partial charge in [-0.1, -0.05) is 75.0 Å². The van der Waals surface area contributed by atoms with E-state index in [2.05, 4.69) is 21.3 Å². The smallest absolute Gasteiger partial charge is 0.326 e. The molecular weight excluding hydrogens is 636 g/mol. The summed E-state index contributed by atoms with van der Waals surface area (Å²) in [5.41, 5.74) is 11.0. The number of aliphatic carboxylic acids is 2. The van der Waals surface area contributed by atoms with E-state index in [0.717, 1.165) is 60.1 Å². The van der Waals surface area contributed by atoms with E-state index in [9.17, 15) is 39.0 Å². The Balaban J connectivity index is 5.51. The van der Waals surface area contributed by atoms with E-state index in [1.165, 1.54) is 0 Å². The van der Waals surface area contributed by atoms with Gasteiger partial charge in [0.05, 0.1) is 0 Å². The Hall–Kier alpha value is -2.56. The lowest BCUT2D eigenvalue weighted by Crippen LogP contribution is -2.54. The minimum Gasteiger partial charge on any atom is -0.480 e. The van der Waals surface area contributed by atoms with Gasteiger partial charge in [0.15, 0.2) is 0 Å². The normalized spacial score (nSPS) is 13.8. The van der Waals surface area contributed by atoms with Crippen molar-refractivity contribution in [2.75, 3.05) is 24.6 Å². The Morgan fingerprint density at radius 2 is 0.870 bits per heavy atom. The quantitative estimate of drug-likeness (QED) is 0.0452. The molecule has 0 aromatic heterocycles. The van der Waals surface area contributed by atoms with Gasteiger partial charge in [-0.25, -0.2) is 9.59 Å². The van der Waals surface area contributed by atoms with E-state index in [1.807, 2.05) is 0 Å². The Kier molecular flexibility index (Phi) is 24.1. The molecule has 0 saturated carbocycles. The number of unbranched alkanes of at least 4 members (excludes halogenated alkanes) is 6. The summed E-state index contributed by atoms with van der Waals surface area (Å²) in [6.45, 7) is 7.78. The highest BCUT2D eigenvalue weighted by molar-refractivity contribution is 8.76. The van der Waals surface area contributed by atoms with Crippen molar-refractivity contribution in [1.29, 1.82) is 0 Å². The van der Waals surface area contributed by atoms with Gasteiger partial charge in [0.1, 0.15) is 24.2 Å². The summed E-state index contributed by atoms with van der Waals surface area (Å²) < 4.78 is 0. The maximum Gasteiger partial charge on any atom is 0.326 e. The van der Waals surface area contributed by atoms with Crippen LogP contribution < -0.4 is 32.7 Å². The molecular formula is C30H56N6O8S2. The second-order valence-electron chi connectivity index (χ2n) is 11.9. The fraction of sp³-hybridized carbons (Fsp3) is 0.800. The second kappa shape index (κ2) is 25.5. The number of carboxylic acid groups (broad SMARTS) is 2. The molecule has 10 N–H and O–H groups in total. The molecule has 266 valence electrons. The van der Waals surface area contributed by atoms with Crippen molar-refractivity contribution in [2.24, 2.45) is 23.3 Å². The molecule has 4 atom stereocenters. The van der Waals surface area contributed by atoms with Crippen LogP contribution in [0.2, 0.25) is 0 Å². The first kappa shape index (κ1) is 43.4. The number of rotatable bonds is 27. The van der Waals surface area contributed by atoms with E-state index < -0.39 is 59.8 Å². The maximum atomic E-state index is 13.1. The molecule has 0 rings (SSSR count). The molecule has 46 heavy (non-hydrogen) atoms. The average Bonchev–Trinajstić information content (AvgIpc) is 2.98. The number of carbonyl (C=O) groups excluding carboxylic acids is 4. The van der Waals surface area contributed by atoms with Crippen LogP contribution in [0.25, 0.3) is 0 Å². The highest BCUT2D eigenvalue weighted by Gasteiger charge is 2.30. The van der Waals surface area contributed by atoms with Crippen molar-refractivity contribution in [3.05, 3.63) is 0 Å². The van der Waals surface area contributed by atoms with Gasteiger partial charge in [-0.2, -0.15) is 0 Å². The summed E-state index contributed by atoms with van der Waals surface area (Å²) >= 11 is 0. The number of hydrogen-bond acceptors (Lipinski definition) is 10. The highest BCUT2D eigenvalue weighted by Crippen LogP contribution is 2.24. The molecule has 0 aliphatic carbocycles. The predicted octanol–water partition coefficient (Wildman–Crippen LogP) is 1.61. The van der Waals surface area contributed by atoms with E-state index in [1.54, 1.807) is 27.7 Å². The lowest BCUT2D eigenvalue weighted by atomic mass is 10.0. The molecule has 0 heterocycles. The molecule has 0 aromatic rings. The number of nitrogens with one attached hydrogen (secondary N) is 4. The average molecular weight is 693 g/mol. The van der Waals surface area contributed by atoms with E-state index >= 15 is 0 Å². The number of carboxylic acids is 2. The SMILES string of the molecule is CC(C)[C@@H](NC(=O)[C@H](CSSC[C@H](NC(=O)CCCCCCN)C(=O)N[C@@H](C(=O)O)C(C)C)NC(=O)CCCCCCN)C(=O)O. The first-order valence-electron chi connectivity index (χ1n) is 16.0. The molecule has 0 radical (unpaired) electrons. The van der Waals surface area contributed by atoms with Crippen LogP contribution >= 0.6 is 21.6 Å². The fourth-order valence-corrected chi connectivity index (χ4v) is 6.56. The zero-order chi connectivity index (χ0) is 35.1. The lowest BCUT2D eigenvalue weighted by Gasteiger charge is -2.24. The summed E-state index contributed by atoms with van der Waals surface area (Å²) in [4.78, 5) is 74.9. The summed E-state index contributed by atoms with van der Waals surface area (Å²) in [6.07, 6.45) is 6.72. The standard InChI is InChI=1S/C30H56N6O8S2/c1-19(2)25(29(41)42)35-27(39)21(33-23(37)13-9-5-7-11-15-31)17-45-46-18-22(28(40)36-26(20(3)4)30(43)44)34-24(38)14-10-6-8-12-16-32/h19-22,25-26H,5-18,31-32H2,1-4H3,(H,33,37)(H,34,38)(H,35,39)(H,36,40)(H,41,42)(H,43,44)/t21-,22-,25+,26+/m0/s1. The van der Waals surface area contributed by atoms with Gasteiger partial charge in [-0.3, -0.25) is 19.2 Å². The zero-order valence-corrected chi connectivity index (χ0v) is 29.3. The summed E-state index contributed by atoms with van der Waals surface area (Å²) in [7, 11) is 2.32. The number of nitrogens with two attached hydrogens (primary N) is 2. The van der Waals surface area contributed by atoms with Gasteiger partial charge in [-0.15, -0.1) is 0 Å². The molecule has 0 fully saturated rings. The van der Waals surface area contributed by atoms with Crippen LogP contribution in [0.3, 0.4) is 0 Å². The van der Waals surface area contributed by atoms with E-state index in [4.69, 9.17) is 11.5 Å². The van der Waals surface area contributed by atoms with Crippen molar-refractivity contribution in [3.8, 4) is 0 Å². The summed E-state index contributed by atoms with van der Waals surface area (Å²) in [5, 5.41) is 29.5. The Labute approximate surface area is 280 Å². The van der Waals surface area contributed by atoms with Crippen LogP contribution in [0.1, 0.15) is 91.9 Å². The predicted molar refractivity (Wildman–Crippen MR) is 182 cm³/mol. The monoisotopic (exact) mass is 692 g/mol. The van der Waals surface area contributed by atoms with Crippen molar-refractivity contribution < 1.29 is 39.0 Å². The lowest BCUT2D eigenvalue weighted by molar-refractivity contribution is -0.143. The molecule has 0 aliphatic heterocycles. The molecule has 0 unspecified atom stereocenters. The van der Waals surface area contributed by atoms with Crippen LogP contribution in [0, 0.1) is 11.8 Å². The zero-order valence-electron chi connectivity index (χ0n) is 27.7. The van der Waals surface area contributed by atoms with Crippen molar-refractivity contribution >= 4 is 57.2 Å². The van der Waals surface area contributed by atoms with Crippen molar-refractivity contribution in [1.82, 2.24) is 21.3 Å². The van der Waals surface area contributed by atoms with Crippen LogP contribution in [0.4, 0.5) is 0 Å². The van der Waals surface area contributed by atoms with Crippen LogP contribution in [-0.4, -0.2) is 94.5 Å². The highest BCUT2D eigenvalue weighted by atomic mass is 33.1. The third-order valence-corrected chi connectivity index (χ3v) is 9.46. The van der Waals surface area contributed by atoms with Gasteiger partial charge >= 0.3 is 11.9 Å². The van der Waals surface area contributed by atoms with Crippen LogP contribution in [-0.2, 0) is 28.8 Å². The molecule has 14 nitrogen and oxygen atoms in total. The fourth-order valence-electron chi connectivity index (χ4n) is 4.23. The number of amides is 4. The second-order valence-corrected chi connectivity index (χ2v) is 14.4. The molecule has 0 spiro atoms. The van der Waals surface area contributed by atoms with Crippen LogP contribution in [0.15, 0.2) is 0 Å². The first-order chi connectivity index (χ1) is 21.7. The van der Waals surface area contributed by atoms with Gasteiger partial charge < -0.3 is 42.9 Å². The Morgan fingerprint density at radius 3 is 1.15 bits per heavy atom.